The lowest BCUT2D eigenvalue weighted by molar-refractivity contribution is -0.124. The molecule has 0 saturated carbocycles. The van der Waals surface area contributed by atoms with Gasteiger partial charge in [-0.15, -0.1) is 0 Å². The van der Waals surface area contributed by atoms with Gasteiger partial charge in [0, 0.05) is 14.1 Å². The number of rotatable bonds is 2. The van der Waals surface area contributed by atoms with Gasteiger partial charge in [-0.1, -0.05) is 11.6 Å². The topological polar surface area (TPSA) is 46.3 Å². The smallest absolute Gasteiger partial charge is 0.267 e. The van der Waals surface area contributed by atoms with E-state index in [1.54, 1.807) is 0 Å². The van der Waals surface area contributed by atoms with Gasteiger partial charge in [-0.3, -0.25) is 4.79 Å². The maximum Gasteiger partial charge on any atom is 0.267 e. The first-order chi connectivity index (χ1) is 5.37. The van der Waals surface area contributed by atoms with Gasteiger partial charge in [0.2, 0.25) is 0 Å². The van der Waals surface area contributed by atoms with Gasteiger partial charge in [-0.2, -0.15) is 0 Å². The molecular formula is C7H12ClFN2O. The molecule has 0 aromatic carbocycles. The molecule has 0 radical (unpaired) electrons. The van der Waals surface area contributed by atoms with E-state index >= 15 is 0 Å². The van der Waals surface area contributed by atoms with Crippen LogP contribution in [0.5, 0.6) is 0 Å². The zero-order valence-electron chi connectivity index (χ0n) is 7.27. The maximum absolute atomic E-state index is 12.9. The van der Waals surface area contributed by atoms with Gasteiger partial charge in [0.1, 0.15) is 10.9 Å². The van der Waals surface area contributed by atoms with Crippen molar-refractivity contribution in [2.75, 3.05) is 14.1 Å². The van der Waals surface area contributed by atoms with Crippen molar-refractivity contribution in [3.05, 3.63) is 10.9 Å². The molecule has 3 nitrogen and oxygen atoms in total. The monoisotopic (exact) mass is 194 g/mol. The molecule has 0 heterocycles. The number of hydrogen-bond donors (Lipinski definition) is 1. The third-order valence-electron chi connectivity index (χ3n) is 1.20. The van der Waals surface area contributed by atoms with E-state index < -0.39 is 22.8 Å². The molecule has 0 spiro atoms. The third-order valence-corrected chi connectivity index (χ3v) is 1.55. The fourth-order valence-corrected chi connectivity index (χ4v) is 0.839. The first-order valence-corrected chi connectivity index (χ1v) is 3.78. The minimum absolute atomic E-state index is 0.449. The number of amides is 1. The average molecular weight is 195 g/mol. The molecule has 0 aliphatic rings. The highest BCUT2D eigenvalue weighted by Crippen LogP contribution is 2.15. The van der Waals surface area contributed by atoms with Crippen LogP contribution in [0.15, 0.2) is 10.9 Å². The van der Waals surface area contributed by atoms with E-state index in [0.717, 1.165) is 0 Å². The van der Waals surface area contributed by atoms with Crippen molar-refractivity contribution in [2.24, 2.45) is 5.73 Å². The molecule has 0 rings (SSSR count). The summed E-state index contributed by atoms with van der Waals surface area (Å²) in [6.45, 7) is 1.42. The van der Waals surface area contributed by atoms with Crippen LogP contribution in [0.4, 0.5) is 4.39 Å². The molecule has 0 aliphatic heterocycles. The normalized spacial score (nSPS) is 15.2. The van der Waals surface area contributed by atoms with Crippen LogP contribution >= 0.6 is 11.6 Å². The summed E-state index contributed by atoms with van der Waals surface area (Å²) < 4.78 is 12.9. The summed E-state index contributed by atoms with van der Waals surface area (Å²) in [4.78, 5) is 12.2. The van der Waals surface area contributed by atoms with Crippen LogP contribution in [0.3, 0.4) is 0 Å². The fourth-order valence-electron chi connectivity index (χ4n) is 0.498. The quantitative estimate of drug-likeness (QED) is 0.663. The predicted molar refractivity (Wildman–Crippen MR) is 46.3 cm³/mol. The molecule has 2 N–H and O–H groups in total. The lowest BCUT2D eigenvalue weighted by Gasteiger charge is -2.10. The molecular weight excluding hydrogens is 183 g/mol. The summed E-state index contributed by atoms with van der Waals surface area (Å²) in [6, 6.07) is -0.846. The van der Waals surface area contributed by atoms with Crippen LogP contribution in [0.1, 0.15) is 6.92 Å². The Bertz CT molecular complexity index is 213. The van der Waals surface area contributed by atoms with Crippen LogP contribution in [0.25, 0.3) is 0 Å². The van der Waals surface area contributed by atoms with Crippen molar-refractivity contribution in [1.29, 1.82) is 0 Å². The van der Waals surface area contributed by atoms with E-state index in [0.29, 0.717) is 0 Å². The van der Waals surface area contributed by atoms with Gasteiger partial charge in [-0.25, -0.2) is 4.39 Å². The lowest BCUT2D eigenvalue weighted by atomic mass is 10.3. The standard InChI is InChI=1S/C7H12ClFN2O/c1-4(10)6(9)5(8)7(12)11(2)3/h4H,10H2,1-3H3/b6-5-. The Labute approximate surface area is 76.0 Å². The number of halogens is 2. The molecule has 70 valence electrons. The molecule has 0 aromatic rings. The second-order valence-electron chi connectivity index (χ2n) is 2.65. The predicted octanol–water partition coefficient (Wildman–Crippen LogP) is 0.842. The van der Waals surface area contributed by atoms with Crippen LogP contribution in [-0.4, -0.2) is 30.9 Å². The van der Waals surface area contributed by atoms with Crippen molar-refractivity contribution < 1.29 is 9.18 Å². The molecule has 1 amide bonds. The fraction of sp³-hybridized carbons (Fsp3) is 0.571. The highest BCUT2D eigenvalue weighted by molar-refractivity contribution is 6.42. The lowest BCUT2D eigenvalue weighted by Crippen LogP contribution is -2.25. The van der Waals surface area contributed by atoms with E-state index in [1.807, 2.05) is 0 Å². The maximum atomic E-state index is 12.9. The SMILES string of the molecule is CC(N)/C(F)=C(/Cl)C(=O)N(C)C. The second-order valence-corrected chi connectivity index (χ2v) is 3.03. The summed E-state index contributed by atoms with van der Waals surface area (Å²) in [5.74, 6) is -1.36. The molecule has 0 saturated heterocycles. The van der Waals surface area contributed by atoms with Gasteiger partial charge in [0.25, 0.3) is 5.91 Å². The molecule has 0 fully saturated rings. The molecule has 12 heavy (non-hydrogen) atoms. The Morgan fingerprint density at radius 3 is 2.25 bits per heavy atom. The van der Waals surface area contributed by atoms with Gasteiger partial charge in [0.15, 0.2) is 0 Å². The minimum atomic E-state index is -0.846. The summed E-state index contributed by atoms with van der Waals surface area (Å²) in [5.41, 5.74) is 5.19. The first kappa shape index (κ1) is 11.4. The molecule has 0 aromatic heterocycles. The number of likely N-dealkylation sites (N-methyl/N-ethyl adjacent to an activating group) is 1. The Balaban J connectivity index is 4.67. The number of carbonyl (C=O) groups excluding carboxylic acids is 1. The zero-order valence-corrected chi connectivity index (χ0v) is 8.02. The Hall–Kier alpha value is -0.610. The number of nitrogens with two attached hydrogens (primary N) is 1. The largest absolute Gasteiger partial charge is 0.344 e. The van der Waals surface area contributed by atoms with Crippen molar-refractivity contribution >= 4 is 17.5 Å². The minimum Gasteiger partial charge on any atom is -0.344 e. The van der Waals surface area contributed by atoms with Crippen molar-refractivity contribution in [1.82, 2.24) is 4.90 Å². The summed E-state index contributed by atoms with van der Waals surface area (Å²) >= 11 is 5.41. The third kappa shape index (κ3) is 2.79. The molecule has 1 atom stereocenters. The highest BCUT2D eigenvalue weighted by atomic mass is 35.5. The van der Waals surface area contributed by atoms with Gasteiger partial charge < -0.3 is 10.6 Å². The summed E-state index contributed by atoms with van der Waals surface area (Å²) in [7, 11) is 2.97. The van der Waals surface area contributed by atoms with Gasteiger partial charge in [-0.05, 0) is 6.92 Å². The Morgan fingerprint density at radius 1 is 1.58 bits per heavy atom. The van der Waals surface area contributed by atoms with Crippen LogP contribution in [0, 0.1) is 0 Å². The molecule has 0 bridgehead atoms. The van der Waals surface area contributed by atoms with E-state index in [2.05, 4.69) is 0 Å². The van der Waals surface area contributed by atoms with Gasteiger partial charge in [0.05, 0.1) is 6.04 Å². The highest BCUT2D eigenvalue weighted by Gasteiger charge is 2.17. The zero-order chi connectivity index (χ0) is 9.89. The first-order valence-electron chi connectivity index (χ1n) is 3.40. The average Bonchev–Trinajstić information content (AvgIpc) is 2.00. The van der Waals surface area contributed by atoms with E-state index in [1.165, 1.54) is 25.9 Å². The molecule has 5 heteroatoms. The number of hydrogen-bond acceptors (Lipinski definition) is 2. The second kappa shape index (κ2) is 4.42. The van der Waals surface area contributed by atoms with Crippen LogP contribution in [-0.2, 0) is 4.79 Å². The van der Waals surface area contributed by atoms with Crippen LogP contribution in [0.2, 0.25) is 0 Å². The van der Waals surface area contributed by atoms with E-state index in [4.69, 9.17) is 17.3 Å². The van der Waals surface area contributed by atoms with Gasteiger partial charge >= 0.3 is 0 Å². The van der Waals surface area contributed by atoms with E-state index in [-0.39, 0.29) is 0 Å². The molecule has 0 aliphatic carbocycles. The number of nitrogens with zero attached hydrogens (tertiary/aromatic N) is 1. The summed E-state index contributed by atoms with van der Waals surface area (Å²) in [6.07, 6.45) is 0. The van der Waals surface area contributed by atoms with Crippen LogP contribution < -0.4 is 5.73 Å². The number of carbonyl (C=O) groups is 1. The van der Waals surface area contributed by atoms with Crippen molar-refractivity contribution in [3.63, 3.8) is 0 Å². The molecule has 1 unspecified atom stereocenters. The Kier molecular flexibility index (Phi) is 4.20. The summed E-state index contributed by atoms with van der Waals surface area (Å²) in [5, 5.41) is -0.449. The Morgan fingerprint density at radius 2 is 2.00 bits per heavy atom. The van der Waals surface area contributed by atoms with Crippen molar-refractivity contribution in [3.8, 4) is 0 Å². The van der Waals surface area contributed by atoms with Crippen molar-refractivity contribution in [2.45, 2.75) is 13.0 Å². The van der Waals surface area contributed by atoms with E-state index in [9.17, 15) is 9.18 Å².